The summed E-state index contributed by atoms with van der Waals surface area (Å²) in [7, 11) is -3.69. The largest absolute Gasteiger partial charge is 0.480 e. The molecule has 9 heteroatoms. The number of aliphatic carboxylic acids is 1. The Morgan fingerprint density at radius 2 is 1.93 bits per heavy atom. The van der Waals surface area contributed by atoms with Gasteiger partial charge in [0.05, 0.1) is 19.0 Å². The minimum atomic E-state index is -3.69. The maximum absolute atomic E-state index is 12.7. The van der Waals surface area contributed by atoms with Crippen molar-refractivity contribution in [2.75, 3.05) is 39.0 Å². The predicted molar refractivity (Wildman–Crippen MR) is 98.1 cm³/mol. The fourth-order valence-corrected chi connectivity index (χ4v) is 3.99. The van der Waals surface area contributed by atoms with Crippen LogP contribution < -0.4 is 0 Å². The SMILES string of the molecule is CS(=O)(=O)N(CC(=O)O)CC1CN(C(=O)c2ccc(C3CC3)cc2)CCO1. The molecule has 148 valence electrons. The van der Waals surface area contributed by atoms with Gasteiger partial charge in [-0.1, -0.05) is 12.1 Å². The van der Waals surface area contributed by atoms with Crippen molar-refractivity contribution in [3.8, 4) is 0 Å². The van der Waals surface area contributed by atoms with E-state index in [9.17, 15) is 18.0 Å². The van der Waals surface area contributed by atoms with Crippen LogP contribution in [-0.2, 0) is 19.6 Å². The number of hydrogen-bond acceptors (Lipinski definition) is 5. The molecule has 1 saturated heterocycles. The molecular formula is C18H24N2O6S. The molecule has 8 nitrogen and oxygen atoms in total. The first kappa shape index (κ1) is 19.8. The van der Waals surface area contributed by atoms with Crippen LogP contribution in [0.25, 0.3) is 0 Å². The average Bonchev–Trinajstić information content (AvgIpc) is 3.45. The molecule has 1 unspecified atom stereocenters. The van der Waals surface area contributed by atoms with E-state index in [1.54, 1.807) is 4.90 Å². The summed E-state index contributed by atoms with van der Waals surface area (Å²) in [6.45, 7) is 0.179. The number of carboxylic acid groups (broad SMARTS) is 1. The minimum Gasteiger partial charge on any atom is -0.480 e. The first-order chi connectivity index (χ1) is 12.7. The van der Waals surface area contributed by atoms with Gasteiger partial charge in [-0.05, 0) is 36.5 Å². The zero-order valence-electron chi connectivity index (χ0n) is 15.2. The van der Waals surface area contributed by atoms with E-state index < -0.39 is 28.6 Å². The van der Waals surface area contributed by atoms with Gasteiger partial charge in [-0.25, -0.2) is 8.42 Å². The van der Waals surface area contributed by atoms with Crippen LogP contribution in [0.1, 0.15) is 34.7 Å². The van der Waals surface area contributed by atoms with Crippen LogP contribution in [0.3, 0.4) is 0 Å². The average molecular weight is 396 g/mol. The summed E-state index contributed by atoms with van der Waals surface area (Å²) >= 11 is 0. The Bertz CT molecular complexity index is 804. The molecule has 1 aliphatic carbocycles. The van der Waals surface area contributed by atoms with E-state index in [1.165, 1.54) is 18.4 Å². The molecule has 1 aromatic carbocycles. The number of carbonyl (C=O) groups is 2. The normalized spacial score (nSPS) is 20.7. The van der Waals surface area contributed by atoms with Crippen molar-refractivity contribution >= 4 is 21.9 Å². The summed E-state index contributed by atoms with van der Waals surface area (Å²) in [6.07, 6.45) is 2.79. The van der Waals surface area contributed by atoms with Gasteiger partial charge in [0.25, 0.3) is 5.91 Å². The molecular weight excluding hydrogens is 372 g/mol. The third-order valence-electron chi connectivity index (χ3n) is 4.82. The highest BCUT2D eigenvalue weighted by molar-refractivity contribution is 7.88. The molecule has 27 heavy (non-hydrogen) atoms. The molecule has 1 heterocycles. The van der Waals surface area contributed by atoms with Gasteiger partial charge >= 0.3 is 5.97 Å². The summed E-state index contributed by atoms with van der Waals surface area (Å²) in [5.41, 5.74) is 1.84. The quantitative estimate of drug-likeness (QED) is 0.729. The lowest BCUT2D eigenvalue weighted by molar-refractivity contribution is -0.137. The number of sulfonamides is 1. The minimum absolute atomic E-state index is 0.102. The Hall–Kier alpha value is -1.97. The standard InChI is InChI=1S/C18H24N2O6S/c1-27(24,25)20(12-17(21)22)11-16-10-19(8-9-26-16)18(23)15-6-4-14(5-7-15)13-2-3-13/h4-7,13,16H,2-3,8-12H2,1H3,(H,21,22). The van der Waals surface area contributed by atoms with Crippen molar-refractivity contribution in [2.45, 2.75) is 24.9 Å². The van der Waals surface area contributed by atoms with E-state index in [0.717, 1.165) is 10.6 Å². The number of ether oxygens (including phenoxy) is 1. The Morgan fingerprint density at radius 3 is 2.48 bits per heavy atom. The fraction of sp³-hybridized carbons (Fsp3) is 0.556. The molecule has 1 aromatic rings. The second kappa shape index (κ2) is 7.95. The van der Waals surface area contributed by atoms with Gasteiger partial charge in [0.15, 0.2) is 0 Å². The third kappa shape index (κ3) is 5.27. The fourth-order valence-electron chi connectivity index (χ4n) is 3.21. The number of nitrogens with zero attached hydrogens (tertiary/aromatic N) is 2. The number of carboxylic acids is 1. The van der Waals surface area contributed by atoms with Gasteiger partial charge in [0, 0.05) is 25.2 Å². The van der Waals surface area contributed by atoms with Crippen molar-refractivity contribution in [3.05, 3.63) is 35.4 Å². The van der Waals surface area contributed by atoms with Crippen LogP contribution >= 0.6 is 0 Å². The summed E-state index contributed by atoms with van der Waals surface area (Å²) < 4.78 is 30.0. The molecule has 1 amide bonds. The maximum atomic E-state index is 12.7. The van der Waals surface area contributed by atoms with Gasteiger partial charge in [-0.15, -0.1) is 0 Å². The lowest BCUT2D eigenvalue weighted by Gasteiger charge is -2.35. The zero-order valence-corrected chi connectivity index (χ0v) is 16.0. The van der Waals surface area contributed by atoms with E-state index in [2.05, 4.69) is 0 Å². The van der Waals surface area contributed by atoms with Crippen molar-refractivity contribution in [1.29, 1.82) is 0 Å². The van der Waals surface area contributed by atoms with Crippen molar-refractivity contribution in [1.82, 2.24) is 9.21 Å². The first-order valence-corrected chi connectivity index (χ1v) is 10.8. The van der Waals surface area contributed by atoms with Gasteiger partial charge in [0.1, 0.15) is 6.54 Å². The van der Waals surface area contributed by atoms with E-state index >= 15 is 0 Å². The molecule has 3 rings (SSSR count). The molecule has 1 N–H and O–H groups in total. The van der Waals surface area contributed by atoms with E-state index in [0.29, 0.717) is 18.0 Å². The summed E-state index contributed by atoms with van der Waals surface area (Å²) in [4.78, 5) is 25.3. The van der Waals surface area contributed by atoms with Crippen molar-refractivity contribution in [3.63, 3.8) is 0 Å². The number of benzene rings is 1. The predicted octanol–water partition coefficient (Wildman–Crippen LogP) is 0.751. The highest BCUT2D eigenvalue weighted by atomic mass is 32.2. The van der Waals surface area contributed by atoms with Gasteiger partial charge in [0.2, 0.25) is 10.0 Å². The van der Waals surface area contributed by atoms with E-state index in [-0.39, 0.29) is 25.6 Å². The molecule has 1 aliphatic heterocycles. The molecule has 1 saturated carbocycles. The number of amides is 1. The molecule has 0 radical (unpaired) electrons. The zero-order chi connectivity index (χ0) is 19.6. The number of rotatable bonds is 7. The van der Waals surface area contributed by atoms with Crippen LogP contribution in [0.15, 0.2) is 24.3 Å². The Balaban J connectivity index is 1.63. The third-order valence-corrected chi connectivity index (χ3v) is 6.04. The maximum Gasteiger partial charge on any atom is 0.318 e. The summed E-state index contributed by atoms with van der Waals surface area (Å²) in [5.74, 6) is -0.743. The summed E-state index contributed by atoms with van der Waals surface area (Å²) in [5, 5.41) is 8.92. The molecule has 2 fully saturated rings. The highest BCUT2D eigenvalue weighted by Gasteiger charge is 2.30. The summed E-state index contributed by atoms with van der Waals surface area (Å²) in [6, 6.07) is 7.63. The Kier molecular flexibility index (Phi) is 5.83. The van der Waals surface area contributed by atoms with E-state index in [4.69, 9.17) is 9.84 Å². The lowest BCUT2D eigenvalue weighted by Crippen LogP contribution is -2.51. The lowest BCUT2D eigenvalue weighted by atomic mass is 10.1. The van der Waals surface area contributed by atoms with Crippen LogP contribution in [-0.4, -0.2) is 79.8 Å². The van der Waals surface area contributed by atoms with Crippen LogP contribution in [0.5, 0.6) is 0 Å². The topological polar surface area (TPSA) is 104 Å². The second-order valence-electron chi connectivity index (χ2n) is 7.09. The smallest absolute Gasteiger partial charge is 0.318 e. The van der Waals surface area contributed by atoms with Gasteiger partial charge in [-0.3, -0.25) is 9.59 Å². The van der Waals surface area contributed by atoms with Crippen molar-refractivity contribution in [2.24, 2.45) is 0 Å². The number of hydrogen-bond donors (Lipinski definition) is 1. The van der Waals surface area contributed by atoms with Crippen molar-refractivity contribution < 1.29 is 27.9 Å². The monoisotopic (exact) mass is 396 g/mol. The molecule has 1 atom stereocenters. The molecule has 0 aromatic heterocycles. The van der Waals surface area contributed by atoms with Gasteiger partial charge < -0.3 is 14.7 Å². The second-order valence-corrected chi connectivity index (χ2v) is 9.07. The van der Waals surface area contributed by atoms with Crippen LogP contribution in [0.4, 0.5) is 0 Å². The Labute approximate surface area is 158 Å². The Morgan fingerprint density at radius 1 is 1.26 bits per heavy atom. The number of morpholine rings is 1. The molecule has 0 bridgehead atoms. The molecule has 0 spiro atoms. The van der Waals surface area contributed by atoms with Crippen LogP contribution in [0.2, 0.25) is 0 Å². The van der Waals surface area contributed by atoms with Crippen LogP contribution in [0, 0.1) is 0 Å². The van der Waals surface area contributed by atoms with E-state index in [1.807, 2.05) is 24.3 Å². The molecule has 2 aliphatic rings. The number of carbonyl (C=O) groups excluding carboxylic acids is 1. The first-order valence-electron chi connectivity index (χ1n) is 8.92. The highest BCUT2D eigenvalue weighted by Crippen LogP contribution is 2.39. The van der Waals surface area contributed by atoms with Gasteiger partial charge in [-0.2, -0.15) is 4.31 Å².